The Bertz CT molecular complexity index is 1460. The van der Waals surface area contributed by atoms with E-state index in [2.05, 4.69) is 75.2 Å². The summed E-state index contributed by atoms with van der Waals surface area (Å²) in [5, 5.41) is 23.4. The Morgan fingerprint density at radius 3 is 2.26 bits per heavy atom. The zero-order chi connectivity index (χ0) is 30.3. The molecule has 2 spiro atoms. The summed E-state index contributed by atoms with van der Waals surface area (Å²) in [7, 11) is 2.14. The maximum atomic E-state index is 14.8. The van der Waals surface area contributed by atoms with Gasteiger partial charge in [0.1, 0.15) is 0 Å². The topological polar surface area (TPSA) is 60.8 Å². The molecule has 2 aromatic carbocycles. The van der Waals surface area contributed by atoms with Gasteiger partial charge in [-0.05, 0) is 93.3 Å². The van der Waals surface area contributed by atoms with E-state index in [0.717, 1.165) is 73.8 Å². The molecule has 2 N–H and O–H groups in total. The average molecular weight is 580 g/mol. The van der Waals surface area contributed by atoms with Gasteiger partial charge in [0.05, 0.1) is 11.7 Å². The van der Waals surface area contributed by atoms with Gasteiger partial charge >= 0.3 is 0 Å². The monoisotopic (exact) mass is 579 g/mol. The first kappa shape index (κ1) is 29.2. The molecule has 3 saturated carbocycles. The normalized spacial score (nSPS) is 41.0. The van der Waals surface area contributed by atoms with Gasteiger partial charge in [0.25, 0.3) is 0 Å². The van der Waals surface area contributed by atoms with Gasteiger partial charge < -0.3 is 15.1 Å². The molecule has 8 atom stereocenters. The van der Waals surface area contributed by atoms with E-state index < -0.39 is 11.0 Å². The molecule has 6 aliphatic carbocycles. The highest BCUT2D eigenvalue weighted by atomic mass is 16.3. The number of benzene rings is 2. The lowest BCUT2D eigenvalue weighted by molar-refractivity contribution is -0.175. The van der Waals surface area contributed by atoms with Crippen LogP contribution < -0.4 is 0 Å². The van der Waals surface area contributed by atoms with E-state index in [1.54, 1.807) is 0 Å². The van der Waals surface area contributed by atoms with Crippen molar-refractivity contribution < 1.29 is 15.0 Å². The quantitative estimate of drug-likeness (QED) is 0.264. The van der Waals surface area contributed by atoms with Gasteiger partial charge in [0.2, 0.25) is 0 Å². The summed E-state index contributed by atoms with van der Waals surface area (Å²) >= 11 is 0. The summed E-state index contributed by atoms with van der Waals surface area (Å²) in [4.78, 5) is 17.1. The lowest BCUT2D eigenvalue weighted by atomic mass is 9.32. The SMILES string of the molecule is CCCN(C)C[C@]1(O)CC[C@H]2[C@]34C=C[C@@]5(C=C3C(=O)c3ccc(-c6ccccc6)cc3)CC(O)CC[C@]5(C)[C@H]4CC[C@@]21C. The highest BCUT2D eigenvalue weighted by Gasteiger charge is 2.74. The molecule has 4 heteroatoms. The number of ketones is 1. The molecule has 0 aliphatic heterocycles. The summed E-state index contributed by atoms with van der Waals surface area (Å²) in [6, 6.07) is 18.5. The molecule has 0 radical (unpaired) electrons. The predicted molar refractivity (Wildman–Crippen MR) is 173 cm³/mol. The molecule has 2 bridgehead atoms. The molecule has 228 valence electrons. The number of nitrogens with zero attached hydrogens (tertiary/aromatic N) is 1. The fourth-order valence-corrected chi connectivity index (χ4v) is 11.1. The van der Waals surface area contributed by atoms with Crippen molar-refractivity contribution in [3.63, 3.8) is 0 Å². The first-order valence-electron chi connectivity index (χ1n) is 16.7. The van der Waals surface area contributed by atoms with Gasteiger partial charge in [0, 0.05) is 33.9 Å². The number of Topliss-reactive ketones (excluding diaryl/α,β-unsaturated/α-hetero) is 1. The number of hydrogen-bond donors (Lipinski definition) is 2. The van der Waals surface area contributed by atoms with E-state index in [0.29, 0.717) is 18.9 Å². The molecule has 0 saturated heterocycles. The van der Waals surface area contributed by atoms with Gasteiger partial charge in [-0.15, -0.1) is 0 Å². The summed E-state index contributed by atoms with van der Waals surface area (Å²) in [5.74, 6) is 0.632. The van der Waals surface area contributed by atoms with Gasteiger partial charge in [-0.25, -0.2) is 0 Å². The number of likely N-dealkylation sites (N-methyl/N-ethyl adjacent to an activating group) is 1. The molecular weight excluding hydrogens is 530 g/mol. The van der Waals surface area contributed by atoms with Crippen LogP contribution in [-0.2, 0) is 0 Å². The first-order valence-corrected chi connectivity index (χ1v) is 16.7. The van der Waals surface area contributed by atoms with Crippen LogP contribution in [0, 0.1) is 33.5 Å². The minimum atomic E-state index is -0.781. The number of allylic oxidation sites excluding steroid dienone is 4. The summed E-state index contributed by atoms with van der Waals surface area (Å²) in [6.07, 6.45) is 14.0. The second kappa shape index (κ2) is 9.99. The second-order valence-corrected chi connectivity index (χ2v) is 15.3. The van der Waals surface area contributed by atoms with Crippen molar-refractivity contribution in [1.29, 1.82) is 0 Å². The smallest absolute Gasteiger partial charge is 0.189 e. The van der Waals surface area contributed by atoms with Crippen molar-refractivity contribution in [2.75, 3.05) is 20.1 Å². The number of carbonyl (C=O) groups excluding carboxylic acids is 1. The van der Waals surface area contributed by atoms with Crippen LogP contribution in [0.1, 0.15) is 82.5 Å². The maximum Gasteiger partial charge on any atom is 0.189 e. The number of fused-ring (bicyclic) bond motifs is 1. The molecule has 0 aromatic heterocycles. The van der Waals surface area contributed by atoms with Crippen molar-refractivity contribution in [1.82, 2.24) is 4.90 Å². The lowest BCUT2D eigenvalue weighted by Gasteiger charge is -2.71. The number of rotatable bonds is 7. The molecule has 3 fully saturated rings. The number of aliphatic hydroxyl groups is 2. The Kier molecular flexibility index (Phi) is 6.78. The second-order valence-electron chi connectivity index (χ2n) is 15.3. The van der Waals surface area contributed by atoms with E-state index in [-0.39, 0.29) is 34.1 Å². The Labute approximate surface area is 257 Å². The standard InChI is InChI=1S/C39H49NO3/c1-5-23-40(4)26-38(43)20-17-33-36(38,3)19-16-32-35(2)18-15-30(41)24-37(35)21-22-39(32,33)31(25-37)34(42)29-13-11-28(12-14-29)27-9-7-6-8-10-27/h6-14,21-22,25,30,32-33,41,43H,5,15-20,23-24,26H2,1-4H3/t30?,32-,33-,35-,36+,37+,38-,39-/m1/s1. The van der Waals surface area contributed by atoms with Crippen molar-refractivity contribution in [3.05, 3.63) is 84.0 Å². The lowest BCUT2D eigenvalue weighted by Crippen LogP contribution is -2.67. The Morgan fingerprint density at radius 2 is 1.53 bits per heavy atom. The molecule has 6 aliphatic rings. The minimum absolute atomic E-state index is 0.0109. The van der Waals surface area contributed by atoms with E-state index in [1.165, 1.54) is 0 Å². The van der Waals surface area contributed by atoms with Crippen LogP contribution in [-0.4, -0.2) is 52.7 Å². The van der Waals surface area contributed by atoms with E-state index >= 15 is 0 Å². The minimum Gasteiger partial charge on any atom is -0.393 e. The zero-order valence-electron chi connectivity index (χ0n) is 26.5. The average Bonchev–Trinajstić information content (AvgIpc) is 3.27. The highest BCUT2D eigenvalue weighted by Crippen LogP contribution is 2.78. The van der Waals surface area contributed by atoms with Crippen LogP contribution in [0.4, 0.5) is 0 Å². The van der Waals surface area contributed by atoms with E-state index in [1.807, 2.05) is 30.3 Å². The molecule has 0 heterocycles. The van der Waals surface area contributed by atoms with Crippen molar-refractivity contribution in [2.45, 2.75) is 83.8 Å². The van der Waals surface area contributed by atoms with Crippen LogP contribution >= 0.6 is 0 Å². The third-order valence-corrected chi connectivity index (χ3v) is 13.3. The van der Waals surface area contributed by atoms with Crippen LogP contribution in [0.25, 0.3) is 11.1 Å². The fourth-order valence-electron chi connectivity index (χ4n) is 11.1. The molecule has 4 nitrogen and oxygen atoms in total. The van der Waals surface area contributed by atoms with Gasteiger partial charge in [0.15, 0.2) is 5.78 Å². The molecule has 43 heavy (non-hydrogen) atoms. The Morgan fingerprint density at radius 1 is 0.884 bits per heavy atom. The third-order valence-electron chi connectivity index (χ3n) is 13.3. The zero-order valence-corrected chi connectivity index (χ0v) is 26.5. The van der Waals surface area contributed by atoms with Gasteiger partial charge in [-0.2, -0.15) is 0 Å². The van der Waals surface area contributed by atoms with Crippen molar-refractivity contribution >= 4 is 5.78 Å². The Balaban J connectivity index is 1.34. The summed E-state index contributed by atoms with van der Waals surface area (Å²) in [5.41, 5.74) is 2.12. The van der Waals surface area contributed by atoms with Crippen LogP contribution in [0.15, 0.2) is 78.4 Å². The maximum absolute atomic E-state index is 14.8. The third kappa shape index (κ3) is 3.95. The van der Waals surface area contributed by atoms with E-state index in [9.17, 15) is 15.0 Å². The largest absolute Gasteiger partial charge is 0.393 e. The predicted octanol–water partition coefficient (Wildman–Crippen LogP) is 7.47. The number of carbonyl (C=O) groups is 1. The van der Waals surface area contributed by atoms with Gasteiger partial charge in [-0.3, -0.25) is 4.79 Å². The summed E-state index contributed by atoms with van der Waals surface area (Å²) in [6.45, 7) is 8.64. The molecule has 0 amide bonds. The molecule has 1 unspecified atom stereocenters. The first-order chi connectivity index (χ1) is 20.5. The Hall–Kier alpha value is -2.53. The molecule has 8 rings (SSSR count). The fraction of sp³-hybridized carbons (Fsp3) is 0.564. The summed E-state index contributed by atoms with van der Waals surface area (Å²) < 4.78 is 0. The van der Waals surface area contributed by atoms with Crippen molar-refractivity contribution in [2.24, 2.45) is 33.5 Å². The van der Waals surface area contributed by atoms with Crippen LogP contribution in [0.5, 0.6) is 0 Å². The van der Waals surface area contributed by atoms with Gasteiger partial charge in [-0.1, -0.05) is 93.6 Å². The molecular formula is C39H49NO3. The number of hydrogen-bond acceptors (Lipinski definition) is 4. The van der Waals surface area contributed by atoms with Crippen LogP contribution in [0.2, 0.25) is 0 Å². The molecule has 2 aromatic rings. The van der Waals surface area contributed by atoms with Crippen LogP contribution in [0.3, 0.4) is 0 Å². The van der Waals surface area contributed by atoms with E-state index in [4.69, 9.17) is 0 Å². The van der Waals surface area contributed by atoms with Crippen molar-refractivity contribution in [3.8, 4) is 11.1 Å². The number of aliphatic hydroxyl groups excluding tert-OH is 1. The highest BCUT2D eigenvalue weighted by molar-refractivity contribution is 6.10.